The molecule has 3 aliphatic rings. The van der Waals surface area contributed by atoms with Crippen molar-refractivity contribution in [1.82, 2.24) is 9.80 Å². The van der Waals surface area contributed by atoms with Crippen LogP contribution in [0.15, 0.2) is 0 Å². The molecule has 3 heteroatoms. The maximum atomic E-state index is 12.3. The zero-order valence-electron chi connectivity index (χ0n) is 9.91. The van der Waals surface area contributed by atoms with Crippen LogP contribution in [0.25, 0.3) is 0 Å². The van der Waals surface area contributed by atoms with Crippen molar-refractivity contribution in [3.8, 4) is 0 Å². The Labute approximate surface area is 92.4 Å². The lowest BCUT2D eigenvalue weighted by Gasteiger charge is -2.47. The third-order valence-electron chi connectivity index (χ3n) is 4.00. The summed E-state index contributed by atoms with van der Waals surface area (Å²) in [5.74, 6) is 0.778. The van der Waals surface area contributed by atoms with Gasteiger partial charge < -0.3 is 0 Å². The third kappa shape index (κ3) is 2.08. The van der Waals surface area contributed by atoms with Crippen LogP contribution >= 0.6 is 0 Å². The molecule has 0 N–H and O–H groups in total. The number of fused-ring (bicyclic) bond motifs is 3. The van der Waals surface area contributed by atoms with Crippen LogP contribution in [0.4, 0.5) is 0 Å². The van der Waals surface area contributed by atoms with Gasteiger partial charge in [0, 0.05) is 38.6 Å². The number of carbonyl (C=O) groups excluding carboxylic acids is 1. The molecule has 0 aromatic rings. The quantitative estimate of drug-likeness (QED) is 0.691. The molecule has 0 aromatic heterocycles. The van der Waals surface area contributed by atoms with Gasteiger partial charge in [-0.25, -0.2) is 0 Å². The standard InChI is InChI=1S/C12H22N2O/c1-3-10(4-2)12(15)11-9-13-5-7-14(11)8-6-13/h10-11H,3-9H2,1-2H3. The van der Waals surface area contributed by atoms with E-state index in [9.17, 15) is 4.79 Å². The molecule has 3 rings (SSSR count). The van der Waals surface area contributed by atoms with E-state index in [0.717, 1.165) is 45.6 Å². The maximum Gasteiger partial charge on any atom is 0.154 e. The number of ketones is 1. The lowest BCUT2D eigenvalue weighted by Crippen LogP contribution is -2.64. The molecule has 0 amide bonds. The molecule has 0 aliphatic carbocycles. The Bertz CT molecular complexity index is 230. The molecule has 2 bridgehead atoms. The Hall–Kier alpha value is -0.410. The van der Waals surface area contributed by atoms with Crippen LogP contribution in [0.1, 0.15) is 26.7 Å². The summed E-state index contributed by atoms with van der Waals surface area (Å²) < 4.78 is 0. The summed E-state index contributed by atoms with van der Waals surface area (Å²) in [6.07, 6.45) is 2.00. The molecule has 3 heterocycles. The maximum absolute atomic E-state index is 12.3. The predicted molar refractivity (Wildman–Crippen MR) is 60.9 cm³/mol. The first-order valence-corrected chi connectivity index (χ1v) is 6.26. The molecule has 3 fully saturated rings. The molecular weight excluding hydrogens is 188 g/mol. The van der Waals surface area contributed by atoms with Crippen LogP contribution in [-0.4, -0.2) is 54.3 Å². The minimum atomic E-state index is 0.206. The summed E-state index contributed by atoms with van der Waals surface area (Å²) in [5, 5.41) is 0. The smallest absolute Gasteiger partial charge is 0.154 e. The van der Waals surface area contributed by atoms with E-state index in [4.69, 9.17) is 0 Å². The number of rotatable bonds is 4. The number of nitrogens with zero attached hydrogens (tertiary/aromatic N) is 2. The van der Waals surface area contributed by atoms with Crippen molar-refractivity contribution in [3.05, 3.63) is 0 Å². The average molecular weight is 210 g/mol. The fraction of sp³-hybridized carbons (Fsp3) is 0.917. The van der Waals surface area contributed by atoms with E-state index in [-0.39, 0.29) is 12.0 Å². The topological polar surface area (TPSA) is 23.6 Å². The highest BCUT2D eigenvalue weighted by molar-refractivity contribution is 5.86. The van der Waals surface area contributed by atoms with Crippen molar-refractivity contribution in [2.75, 3.05) is 32.7 Å². The predicted octanol–water partition coefficient (Wildman–Crippen LogP) is 0.991. The van der Waals surface area contributed by atoms with Crippen molar-refractivity contribution in [1.29, 1.82) is 0 Å². The largest absolute Gasteiger partial charge is 0.299 e. The van der Waals surface area contributed by atoms with Crippen molar-refractivity contribution in [2.45, 2.75) is 32.7 Å². The Morgan fingerprint density at radius 2 is 1.80 bits per heavy atom. The molecular formula is C12H22N2O. The Morgan fingerprint density at radius 1 is 1.20 bits per heavy atom. The summed E-state index contributed by atoms with van der Waals surface area (Å²) in [4.78, 5) is 17.1. The van der Waals surface area contributed by atoms with E-state index in [1.54, 1.807) is 0 Å². The molecule has 3 saturated heterocycles. The van der Waals surface area contributed by atoms with Gasteiger partial charge in [-0.2, -0.15) is 0 Å². The van der Waals surface area contributed by atoms with Gasteiger partial charge in [0.1, 0.15) is 0 Å². The highest BCUT2D eigenvalue weighted by Crippen LogP contribution is 2.21. The van der Waals surface area contributed by atoms with Crippen molar-refractivity contribution in [2.24, 2.45) is 5.92 Å². The Kier molecular flexibility index (Phi) is 3.42. The van der Waals surface area contributed by atoms with Gasteiger partial charge in [0.05, 0.1) is 6.04 Å². The zero-order chi connectivity index (χ0) is 10.8. The molecule has 15 heavy (non-hydrogen) atoms. The second-order valence-electron chi connectivity index (χ2n) is 4.77. The number of carbonyl (C=O) groups is 1. The highest BCUT2D eigenvalue weighted by Gasteiger charge is 2.37. The second kappa shape index (κ2) is 4.62. The first-order valence-electron chi connectivity index (χ1n) is 6.26. The van der Waals surface area contributed by atoms with Gasteiger partial charge >= 0.3 is 0 Å². The van der Waals surface area contributed by atoms with Gasteiger partial charge in [-0.15, -0.1) is 0 Å². The number of hydrogen-bond acceptors (Lipinski definition) is 3. The van der Waals surface area contributed by atoms with E-state index < -0.39 is 0 Å². The van der Waals surface area contributed by atoms with Gasteiger partial charge in [-0.3, -0.25) is 14.6 Å². The summed E-state index contributed by atoms with van der Waals surface area (Å²) >= 11 is 0. The van der Waals surface area contributed by atoms with Gasteiger partial charge in [0.25, 0.3) is 0 Å². The van der Waals surface area contributed by atoms with E-state index in [1.807, 2.05) is 0 Å². The minimum absolute atomic E-state index is 0.206. The van der Waals surface area contributed by atoms with Crippen molar-refractivity contribution < 1.29 is 4.79 Å². The summed E-state index contributed by atoms with van der Waals surface area (Å²) in [6, 6.07) is 0.206. The first-order chi connectivity index (χ1) is 7.26. The van der Waals surface area contributed by atoms with Gasteiger partial charge in [-0.1, -0.05) is 13.8 Å². The lowest BCUT2D eigenvalue weighted by atomic mass is 9.90. The lowest BCUT2D eigenvalue weighted by molar-refractivity contribution is -0.133. The number of Topliss-reactive ketones (excluding diaryl/α,β-unsaturated/α-hetero) is 1. The highest BCUT2D eigenvalue weighted by atomic mass is 16.1. The van der Waals surface area contributed by atoms with Crippen LogP contribution in [-0.2, 0) is 4.79 Å². The SMILES string of the molecule is CCC(CC)C(=O)C1CN2CCN1CC2. The van der Waals surface area contributed by atoms with Crippen LogP contribution in [0, 0.1) is 5.92 Å². The zero-order valence-corrected chi connectivity index (χ0v) is 9.91. The van der Waals surface area contributed by atoms with Gasteiger partial charge in [-0.05, 0) is 12.8 Å². The molecule has 0 aromatic carbocycles. The normalized spacial score (nSPS) is 34.7. The number of hydrogen-bond donors (Lipinski definition) is 0. The van der Waals surface area contributed by atoms with Crippen LogP contribution in [0.3, 0.4) is 0 Å². The average Bonchev–Trinajstić information content (AvgIpc) is 2.32. The van der Waals surface area contributed by atoms with E-state index in [0.29, 0.717) is 5.78 Å². The molecule has 0 radical (unpaired) electrons. The second-order valence-corrected chi connectivity index (χ2v) is 4.77. The van der Waals surface area contributed by atoms with Crippen molar-refractivity contribution >= 4 is 5.78 Å². The molecule has 3 aliphatic heterocycles. The molecule has 3 nitrogen and oxygen atoms in total. The minimum Gasteiger partial charge on any atom is -0.299 e. The van der Waals surface area contributed by atoms with Crippen molar-refractivity contribution in [3.63, 3.8) is 0 Å². The third-order valence-corrected chi connectivity index (χ3v) is 4.00. The molecule has 1 unspecified atom stereocenters. The van der Waals surface area contributed by atoms with Gasteiger partial charge in [0.2, 0.25) is 0 Å². The number of piperazine rings is 3. The Morgan fingerprint density at radius 3 is 2.20 bits per heavy atom. The van der Waals surface area contributed by atoms with E-state index in [1.165, 1.54) is 0 Å². The van der Waals surface area contributed by atoms with Crippen LogP contribution in [0.5, 0.6) is 0 Å². The fourth-order valence-corrected chi connectivity index (χ4v) is 2.85. The summed E-state index contributed by atoms with van der Waals surface area (Å²) in [5.41, 5.74) is 0. The van der Waals surface area contributed by atoms with E-state index >= 15 is 0 Å². The summed E-state index contributed by atoms with van der Waals surface area (Å²) in [6.45, 7) is 9.74. The van der Waals surface area contributed by atoms with Crippen LogP contribution in [0.2, 0.25) is 0 Å². The van der Waals surface area contributed by atoms with Crippen LogP contribution < -0.4 is 0 Å². The fourth-order valence-electron chi connectivity index (χ4n) is 2.85. The molecule has 0 spiro atoms. The summed E-state index contributed by atoms with van der Waals surface area (Å²) in [7, 11) is 0. The molecule has 0 saturated carbocycles. The monoisotopic (exact) mass is 210 g/mol. The molecule has 86 valence electrons. The van der Waals surface area contributed by atoms with E-state index in [2.05, 4.69) is 23.6 Å². The molecule has 1 atom stereocenters. The Balaban J connectivity index is 2.01. The van der Waals surface area contributed by atoms with Gasteiger partial charge in [0.15, 0.2) is 5.78 Å². The first kappa shape index (κ1) is 11.1.